The summed E-state index contributed by atoms with van der Waals surface area (Å²) < 4.78 is 13.1. The maximum absolute atomic E-state index is 13.3. The minimum Gasteiger partial charge on any atom is -0.493 e. The van der Waals surface area contributed by atoms with Crippen molar-refractivity contribution in [1.82, 2.24) is 19.7 Å². The van der Waals surface area contributed by atoms with Crippen LogP contribution in [0.1, 0.15) is 60.0 Å². The van der Waals surface area contributed by atoms with Gasteiger partial charge in [0.15, 0.2) is 11.5 Å². The molecule has 0 N–H and O–H groups in total. The summed E-state index contributed by atoms with van der Waals surface area (Å²) >= 11 is 0. The smallest absolute Gasteiger partial charge is 0.257 e. The number of likely N-dealkylation sites (tertiary alicyclic amines) is 1. The average Bonchev–Trinajstić information content (AvgIpc) is 3.00. The number of methoxy groups -OCH3 is 2. The summed E-state index contributed by atoms with van der Waals surface area (Å²) in [6.07, 6.45) is 6.61. The second kappa shape index (κ2) is 8.20. The lowest BCUT2D eigenvalue weighted by Gasteiger charge is -2.33. The van der Waals surface area contributed by atoms with Crippen molar-refractivity contribution in [1.29, 1.82) is 0 Å². The Hall–Kier alpha value is -2.57. The zero-order valence-corrected chi connectivity index (χ0v) is 16.7. The Morgan fingerprint density at radius 1 is 1.07 bits per heavy atom. The quantitative estimate of drug-likeness (QED) is 0.810. The van der Waals surface area contributed by atoms with Gasteiger partial charge in [-0.05, 0) is 37.8 Å². The van der Waals surface area contributed by atoms with E-state index in [1.165, 1.54) is 19.3 Å². The van der Waals surface area contributed by atoms with E-state index < -0.39 is 0 Å². The highest BCUT2D eigenvalue weighted by Gasteiger charge is 2.31. The molecule has 0 saturated carbocycles. The van der Waals surface area contributed by atoms with Gasteiger partial charge < -0.3 is 18.9 Å². The highest BCUT2D eigenvalue weighted by Crippen LogP contribution is 2.34. The monoisotopic (exact) mass is 384 g/mol. The summed E-state index contributed by atoms with van der Waals surface area (Å²) in [7, 11) is 3.15. The van der Waals surface area contributed by atoms with Crippen molar-refractivity contribution in [2.24, 2.45) is 0 Å². The summed E-state index contributed by atoms with van der Waals surface area (Å²) in [6.45, 7) is 2.40. The van der Waals surface area contributed by atoms with Crippen LogP contribution >= 0.6 is 0 Å². The lowest BCUT2D eigenvalue weighted by atomic mass is 9.96. The molecule has 2 aliphatic heterocycles. The number of aromatic nitrogens is 3. The molecular weight excluding hydrogens is 356 g/mol. The SMILES string of the molecule is COc1cccc(C(=O)N2CCCC(c3nnc4n3CCCCC4)C2)c1OC. The van der Waals surface area contributed by atoms with Crippen LogP contribution in [-0.2, 0) is 13.0 Å². The number of benzene rings is 1. The van der Waals surface area contributed by atoms with E-state index in [9.17, 15) is 4.79 Å². The highest BCUT2D eigenvalue weighted by molar-refractivity contribution is 5.98. The first kappa shape index (κ1) is 18.8. The number of nitrogens with zero attached hydrogens (tertiary/aromatic N) is 4. The Kier molecular flexibility index (Phi) is 5.50. The van der Waals surface area contributed by atoms with Crippen LogP contribution < -0.4 is 9.47 Å². The standard InChI is InChI=1S/C21H28N4O3/c1-27-17-10-6-9-16(19(17)28-2)21(26)24-12-7-8-15(14-24)20-23-22-18-11-4-3-5-13-25(18)20/h6,9-10,15H,3-5,7-8,11-14H2,1-2H3. The fourth-order valence-electron chi connectivity index (χ4n) is 4.41. The number of carbonyl (C=O) groups is 1. The van der Waals surface area contributed by atoms with Gasteiger partial charge in [-0.1, -0.05) is 12.5 Å². The lowest BCUT2D eigenvalue weighted by molar-refractivity contribution is 0.0699. The number of aryl methyl sites for hydroxylation is 1. The van der Waals surface area contributed by atoms with Crippen molar-refractivity contribution >= 4 is 5.91 Å². The molecule has 28 heavy (non-hydrogen) atoms. The largest absolute Gasteiger partial charge is 0.493 e. The van der Waals surface area contributed by atoms with E-state index in [0.717, 1.165) is 44.0 Å². The minimum absolute atomic E-state index is 0.0175. The molecule has 4 rings (SSSR count). The second-order valence-corrected chi connectivity index (χ2v) is 7.57. The third-order valence-corrected chi connectivity index (χ3v) is 5.85. The van der Waals surface area contributed by atoms with E-state index in [-0.39, 0.29) is 11.8 Å². The van der Waals surface area contributed by atoms with Crippen LogP contribution in [0.5, 0.6) is 11.5 Å². The summed E-state index contributed by atoms with van der Waals surface area (Å²) in [5, 5.41) is 8.96. The molecule has 0 aliphatic carbocycles. The molecule has 1 atom stereocenters. The van der Waals surface area contributed by atoms with Gasteiger partial charge in [0, 0.05) is 32.0 Å². The predicted octanol–water partition coefficient (Wildman–Crippen LogP) is 3.04. The van der Waals surface area contributed by atoms with E-state index in [0.29, 0.717) is 23.6 Å². The van der Waals surface area contributed by atoms with Crippen molar-refractivity contribution in [3.63, 3.8) is 0 Å². The van der Waals surface area contributed by atoms with Crippen LogP contribution in [0.2, 0.25) is 0 Å². The zero-order valence-electron chi connectivity index (χ0n) is 16.7. The Labute approximate surface area is 165 Å². The van der Waals surface area contributed by atoms with Crippen LogP contribution in [0.4, 0.5) is 0 Å². The van der Waals surface area contributed by atoms with Crippen molar-refractivity contribution in [2.45, 2.75) is 51.0 Å². The topological polar surface area (TPSA) is 69.5 Å². The Morgan fingerprint density at radius 3 is 2.79 bits per heavy atom. The van der Waals surface area contributed by atoms with Crippen molar-refractivity contribution in [3.8, 4) is 11.5 Å². The molecule has 150 valence electrons. The van der Waals surface area contributed by atoms with E-state index in [2.05, 4.69) is 14.8 Å². The fourth-order valence-corrected chi connectivity index (χ4v) is 4.41. The number of piperidine rings is 1. The Balaban J connectivity index is 1.57. The molecule has 7 nitrogen and oxygen atoms in total. The maximum atomic E-state index is 13.3. The number of hydrogen-bond acceptors (Lipinski definition) is 5. The van der Waals surface area contributed by atoms with Gasteiger partial charge in [-0.2, -0.15) is 0 Å². The fraction of sp³-hybridized carbons (Fsp3) is 0.571. The van der Waals surface area contributed by atoms with E-state index in [1.54, 1.807) is 26.4 Å². The highest BCUT2D eigenvalue weighted by atomic mass is 16.5. The van der Waals surface area contributed by atoms with Crippen molar-refractivity contribution in [3.05, 3.63) is 35.4 Å². The molecule has 3 heterocycles. The first-order valence-electron chi connectivity index (χ1n) is 10.1. The zero-order chi connectivity index (χ0) is 19.5. The van der Waals surface area contributed by atoms with Crippen LogP contribution in [0.25, 0.3) is 0 Å². The van der Waals surface area contributed by atoms with Gasteiger partial charge in [0.1, 0.15) is 11.6 Å². The summed E-state index contributed by atoms with van der Waals surface area (Å²) in [5.41, 5.74) is 0.544. The van der Waals surface area contributed by atoms with Gasteiger partial charge in [0.05, 0.1) is 19.8 Å². The molecule has 1 fully saturated rings. The molecule has 2 aliphatic rings. The first-order chi connectivity index (χ1) is 13.7. The van der Waals surface area contributed by atoms with E-state index in [4.69, 9.17) is 9.47 Å². The molecule has 1 saturated heterocycles. The molecule has 1 unspecified atom stereocenters. The number of fused-ring (bicyclic) bond motifs is 1. The third-order valence-electron chi connectivity index (χ3n) is 5.85. The molecule has 1 aromatic heterocycles. The summed E-state index contributed by atoms with van der Waals surface area (Å²) in [5.74, 6) is 3.43. The summed E-state index contributed by atoms with van der Waals surface area (Å²) in [4.78, 5) is 15.2. The number of carbonyl (C=O) groups excluding carboxylic acids is 1. The molecular formula is C21H28N4O3. The number of ether oxygens (including phenoxy) is 2. The number of hydrogen-bond donors (Lipinski definition) is 0. The van der Waals surface area contributed by atoms with Crippen LogP contribution in [0.15, 0.2) is 18.2 Å². The minimum atomic E-state index is -0.0175. The van der Waals surface area contributed by atoms with Crippen LogP contribution in [0.3, 0.4) is 0 Å². The van der Waals surface area contributed by atoms with Gasteiger partial charge in [-0.25, -0.2) is 0 Å². The summed E-state index contributed by atoms with van der Waals surface area (Å²) in [6, 6.07) is 5.44. The molecule has 0 spiro atoms. The van der Waals surface area contributed by atoms with E-state index >= 15 is 0 Å². The van der Waals surface area contributed by atoms with Crippen molar-refractivity contribution in [2.75, 3.05) is 27.3 Å². The van der Waals surface area contributed by atoms with Gasteiger partial charge in [-0.15, -0.1) is 10.2 Å². The Morgan fingerprint density at radius 2 is 1.96 bits per heavy atom. The molecule has 2 aromatic rings. The van der Waals surface area contributed by atoms with Crippen LogP contribution in [0, 0.1) is 0 Å². The number of rotatable bonds is 4. The predicted molar refractivity (Wildman–Crippen MR) is 105 cm³/mol. The van der Waals surface area contributed by atoms with Gasteiger partial charge in [0.2, 0.25) is 0 Å². The molecule has 1 aromatic carbocycles. The first-order valence-corrected chi connectivity index (χ1v) is 10.1. The van der Waals surface area contributed by atoms with Crippen molar-refractivity contribution < 1.29 is 14.3 Å². The van der Waals surface area contributed by atoms with Gasteiger partial charge in [-0.3, -0.25) is 4.79 Å². The Bertz CT molecular complexity index is 848. The van der Waals surface area contributed by atoms with E-state index in [1.807, 2.05) is 11.0 Å². The van der Waals surface area contributed by atoms with Gasteiger partial charge >= 0.3 is 0 Å². The average molecular weight is 384 g/mol. The normalized spacial score (nSPS) is 19.6. The second-order valence-electron chi connectivity index (χ2n) is 7.57. The molecule has 1 amide bonds. The number of para-hydroxylation sites is 1. The lowest BCUT2D eigenvalue weighted by Crippen LogP contribution is -2.40. The van der Waals surface area contributed by atoms with Crippen LogP contribution in [-0.4, -0.2) is 52.9 Å². The maximum Gasteiger partial charge on any atom is 0.257 e. The molecule has 7 heteroatoms. The molecule has 0 radical (unpaired) electrons. The number of amides is 1. The third kappa shape index (κ3) is 3.45. The van der Waals surface area contributed by atoms with Gasteiger partial charge in [0.25, 0.3) is 5.91 Å². The molecule has 0 bridgehead atoms.